The van der Waals surface area contributed by atoms with E-state index in [1.165, 1.54) is 21.5 Å². The van der Waals surface area contributed by atoms with Gasteiger partial charge in [0, 0.05) is 0 Å². The minimum atomic E-state index is -4.92. The number of halogens is 8. The van der Waals surface area contributed by atoms with Crippen molar-refractivity contribution in [3.63, 3.8) is 0 Å². The Morgan fingerprint density at radius 3 is 1.86 bits per heavy atom. The standard InChI is InChI=1S/C27H21F6.C12H7Si.2ClH.Zr/c1-25(2,3)19-11-17-9-10-22(16-7-5-4-6-8-16)24(23(17)15-19)18-12-20(26(28,29)30)14-21(13-18)27(31,32)33;1-3-7-11-9(5-1)10-6-2-4-8-12(10)13-11;;;/h4-15H,1-3H3;1-7H;2*1H;/q2*-1;;;+4/p-2. The zero-order chi connectivity index (χ0) is 35.6. The second kappa shape index (κ2) is 15.1. The molecule has 0 unspecified atom stereocenters. The number of fused-ring (bicyclic) bond motifs is 4. The molecule has 10 heteroatoms. The Morgan fingerprint density at radius 2 is 1.24 bits per heavy atom. The molecule has 0 spiro atoms. The maximum Gasteiger partial charge on any atom is 0.0920 e. The van der Waals surface area contributed by atoms with Gasteiger partial charge in [-0.2, -0.15) is 61.9 Å². The molecule has 0 atom stereocenters. The number of rotatable bonds is 2. The number of hydrogen-bond donors (Lipinski definition) is 0. The van der Waals surface area contributed by atoms with Gasteiger partial charge >= 0.3 is 50.2 Å². The van der Waals surface area contributed by atoms with Gasteiger partial charge in [-0.15, -0.1) is 34.0 Å². The van der Waals surface area contributed by atoms with Crippen LogP contribution in [0, 0.1) is 6.07 Å². The molecule has 6 aromatic carbocycles. The number of hydrogen-bond acceptors (Lipinski definition) is 0. The molecule has 7 rings (SSSR count). The van der Waals surface area contributed by atoms with E-state index in [2.05, 4.69) is 42.5 Å². The van der Waals surface area contributed by atoms with Gasteiger partial charge < -0.3 is 0 Å². The van der Waals surface area contributed by atoms with E-state index < -0.39 is 44.3 Å². The molecule has 0 bridgehead atoms. The molecule has 1 aliphatic rings. The summed E-state index contributed by atoms with van der Waals surface area (Å²) in [4.78, 5) is 0. The second-order valence-electron chi connectivity index (χ2n) is 12.3. The Balaban J connectivity index is 0.000000239. The summed E-state index contributed by atoms with van der Waals surface area (Å²) in [6.45, 7) is 6.01. The molecule has 0 nitrogen and oxygen atoms in total. The predicted octanol–water partition coefficient (Wildman–Crippen LogP) is 11.7. The minimum absolute atomic E-state index is 0.118. The Morgan fingerprint density at radius 1 is 0.653 bits per heavy atom. The van der Waals surface area contributed by atoms with E-state index in [0.29, 0.717) is 22.1 Å². The topological polar surface area (TPSA) is 0 Å². The van der Waals surface area contributed by atoms with Gasteiger partial charge in [0.15, 0.2) is 0 Å². The summed E-state index contributed by atoms with van der Waals surface area (Å²) < 4.78 is 81.5. The van der Waals surface area contributed by atoms with Crippen molar-refractivity contribution in [2.24, 2.45) is 0 Å². The summed E-state index contributed by atoms with van der Waals surface area (Å²) in [5.74, 6) is 0. The SMILES string of the molecule is CC(C)(C)c1cc2c(-c3cc(C(F)(F)F)cc(C(F)(F)F)c3)c(-c3ccccc3)ccc2[cH-]1.[Cl][Zr+2][Cl].[c-]1cccc2c1[Si]c1ccccc1-2. The summed E-state index contributed by atoms with van der Waals surface area (Å²) in [5, 5.41) is 4.21. The van der Waals surface area contributed by atoms with Crippen LogP contribution in [-0.2, 0) is 38.6 Å². The van der Waals surface area contributed by atoms with E-state index in [-0.39, 0.29) is 17.0 Å². The smallest absolute Gasteiger partial charge is 0.0920 e. The van der Waals surface area contributed by atoms with E-state index in [4.69, 9.17) is 17.0 Å². The molecular weight excluding hydrogens is 773 g/mol. The van der Waals surface area contributed by atoms with Crippen molar-refractivity contribution in [3.8, 4) is 33.4 Å². The van der Waals surface area contributed by atoms with Crippen LogP contribution in [0.4, 0.5) is 26.3 Å². The van der Waals surface area contributed by atoms with Gasteiger partial charge in [-0.1, -0.05) is 97.7 Å². The average Bonchev–Trinajstić information content (AvgIpc) is 3.67. The van der Waals surface area contributed by atoms with Gasteiger partial charge in [0.25, 0.3) is 0 Å². The van der Waals surface area contributed by atoms with E-state index in [9.17, 15) is 26.3 Å². The van der Waals surface area contributed by atoms with E-state index >= 15 is 0 Å². The second-order valence-corrected chi connectivity index (χ2v) is 17.4. The first-order valence-corrected chi connectivity index (χ1v) is 22.4. The summed E-state index contributed by atoms with van der Waals surface area (Å²) >= 11 is -0.826. The van der Waals surface area contributed by atoms with Gasteiger partial charge in [-0.3, -0.25) is 0 Å². The fourth-order valence-corrected chi connectivity index (χ4v) is 7.02. The monoisotopic (exact) mass is 798 g/mol. The molecule has 6 aromatic rings. The summed E-state index contributed by atoms with van der Waals surface area (Å²) in [6, 6.07) is 36.3. The zero-order valence-electron chi connectivity index (χ0n) is 26.5. The van der Waals surface area contributed by atoms with Gasteiger partial charge in [-0.25, -0.2) is 0 Å². The van der Waals surface area contributed by atoms with Crippen molar-refractivity contribution < 1.29 is 47.2 Å². The van der Waals surface area contributed by atoms with Crippen molar-refractivity contribution in [1.82, 2.24) is 0 Å². The fraction of sp³-hybridized carbons (Fsp3) is 0.154. The predicted molar refractivity (Wildman–Crippen MR) is 187 cm³/mol. The molecule has 248 valence electrons. The summed E-state index contributed by atoms with van der Waals surface area (Å²) in [6.07, 6.45) is -9.83. The van der Waals surface area contributed by atoms with Crippen molar-refractivity contribution in [3.05, 3.63) is 138 Å². The summed E-state index contributed by atoms with van der Waals surface area (Å²) in [5.41, 5.74) is 2.33. The van der Waals surface area contributed by atoms with Crippen LogP contribution in [0.1, 0.15) is 37.5 Å². The molecule has 0 amide bonds. The number of benzene rings is 5. The van der Waals surface area contributed by atoms with Crippen molar-refractivity contribution in [2.75, 3.05) is 0 Å². The van der Waals surface area contributed by atoms with Gasteiger partial charge in [-0.05, 0) is 40.3 Å². The van der Waals surface area contributed by atoms with Crippen LogP contribution in [0.15, 0.2) is 115 Å². The third-order valence-electron chi connectivity index (χ3n) is 8.05. The molecular formula is C39H28Cl2F6SiZr. The van der Waals surface area contributed by atoms with Crippen molar-refractivity contribution >= 4 is 47.7 Å². The van der Waals surface area contributed by atoms with Gasteiger partial charge in [0.2, 0.25) is 0 Å². The van der Waals surface area contributed by atoms with Crippen LogP contribution >= 0.6 is 17.0 Å². The molecule has 0 aliphatic carbocycles. The first-order valence-electron chi connectivity index (χ1n) is 15.0. The minimum Gasteiger partial charge on any atom is -0.184 e. The third kappa shape index (κ3) is 8.65. The van der Waals surface area contributed by atoms with Crippen molar-refractivity contribution in [2.45, 2.75) is 38.5 Å². The number of alkyl halides is 6. The maximum absolute atomic E-state index is 13.6. The van der Waals surface area contributed by atoms with Crippen LogP contribution in [0.25, 0.3) is 44.2 Å². The maximum atomic E-state index is 13.6. The van der Waals surface area contributed by atoms with Gasteiger partial charge in [0.1, 0.15) is 0 Å². The molecule has 1 aliphatic heterocycles. The van der Waals surface area contributed by atoms with Crippen LogP contribution in [0.3, 0.4) is 0 Å². The molecule has 0 N–H and O–H groups in total. The van der Waals surface area contributed by atoms with E-state index in [1.54, 1.807) is 36.4 Å². The van der Waals surface area contributed by atoms with Crippen LogP contribution in [-0.4, -0.2) is 9.52 Å². The third-order valence-corrected chi connectivity index (χ3v) is 9.42. The Hall–Kier alpha value is -3.03. The van der Waals surface area contributed by atoms with Crippen LogP contribution < -0.4 is 10.4 Å². The molecule has 0 fully saturated rings. The first kappa shape index (κ1) is 37.2. The molecule has 0 saturated carbocycles. The van der Waals surface area contributed by atoms with Crippen molar-refractivity contribution in [1.29, 1.82) is 0 Å². The molecule has 0 aromatic heterocycles. The quantitative estimate of drug-likeness (QED) is 0.0928. The van der Waals surface area contributed by atoms with E-state index in [0.717, 1.165) is 32.6 Å². The van der Waals surface area contributed by atoms with Crippen LogP contribution in [0.2, 0.25) is 0 Å². The van der Waals surface area contributed by atoms with Crippen LogP contribution in [0.5, 0.6) is 0 Å². The first-order chi connectivity index (χ1) is 23.1. The molecule has 49 heavy (non-hydrogen) atoms. The molecule has 1 heterocycles. The fourth-order valence-electron chi connectivity index (χ4n) is 5.71. The summed E-state index contributed by atoms with van der Waals surface area (Å²) in [7, 11) is 10.7. The molecule has 0 saturated heterocycles. The molecule has 2 radical (unpaired) electrons. The van der Waals surface area contributed by atoms with E-state index in [1.807, 2.05) is 45.0 Å². The normalized spacial score (nSPS) is 12.2. The zero-order valence-corrected chi connectivity index (χ0v) is 31.5. The Kier molecular flexibility index (Phi) is 11.4. The average molecular weight is 801 g/mol. The largest absolute Gasteiger partial charge is 0.184 e. The Bertz CT molecular complexity index is 1990. The Labute approximate surface area is 302 Å². The van der Waals surface area contributed by atoms with Gasteiger partial charge in [0.05, 0.1) is 20.6 Å².